The fourth-order valence-corrected chi connectivity index (χ4v) is 2.97. The van der Waals surface area contributed by atoms with Gasteiger partial charge in [0.1, 0.15) is 5.75 Å². The van der Waals surface area contributed by atoms with E-state index in [9.17, 15) is 14.1 Å². The van der Waals surface area contributed by atoms with Crippen LogP contribution in [0.5, 0.6) is 5.75 Å². The minimum atomic E-state index is -0.986. The number of nitrogens with one attached hydrogen (secondary N) is 1. The highest BCUT2D eigenvalue weighted by atomic mass is 35.5. The molecule has 2 aromatic carbocycles. The molecule has 2 aromatic rings. The SMILES string of the molecule is CS(=O)Cc1ccccc1NC(=O)Cc1ccc(O)cc1Cl. The first-order valence-corrected chi connectivity index (χ1v) is 8.71. The molecule has 0 aliphatic heterocycles. The Morgan fingerprint density at radius 3 is 2.64 bits per heavy atom. The maximum atomic E-state index is 12.1. The molecule has 0 aromatic heterocycles. The van der Waals surface area contributed by atoms with E-state index in [0.29, 0.717) is 22.0 Å². The van der Waals surface area contributed by atoms with Gasteiger partial charge >= 0.3 is 0 Å². The lowest BCUT2D eigenvalue weighted by Crippen LogP contribution is -2.16. The predicted octanol–water partition coefficient (Wildman–Crippen LogP) is 3.11. The third-order valence-corrected chi connectivity index (χ3v) is 4.11. The van der Waals surface area contributed by atoms with Crippen molar-refractivity contribution in [2.75, 3.05) is 11.6 Å². The number of para-hydroxylation sites is 1. The van der Waals surface area contributed by atoms with Gasteiger partial charge in [-0.3, -0.25) is 9.00 Å². The quantitative estimate of drug-likeness (QED) is 0.881. The van der Waals surface area contributed by atoms with E-state index < -0.39 is 10.8 Å². The highest BCUT2D eigenvalue weighted by molar-refractivity contribution is 7.83. The monoisotopic (exact) mass is 337 g/mol. The number of phenols is 1. The van der Waals surface area contributed by atoms with Crippen molar-refractivity contribution in [3.63, 3.8) is 0 Å². The molecule has 0 fully saturated rings. The van der Waals surface area contributed by atoms with E-state index in [1.165, 1.54) is 12.1 Å². The van der Waals surface area contributed by atoms with Gasteiger partial charge in [-0.1, -0.05) is 35.9 Å². The minimum Gasteiger partial charge on any atom is -0.508 e. The van der Waals surface area contributed by atoms with Gasteiger partial charge in [0.05, 0.1) is 12.2 Å². The summed E-state index contributed by atoms with van der Waals surface area (Å²) in [5, 5.41) is 12.5. The summed E-state index contributed by atoms with van der Waals surface area (Å²) in [4.78, 5) is 12.1. The first kappa shape index (κ1) is 16.5. The van der Waals surface area contributed by atoms with E-state index in [1.807, 2.05) is 18.2 Å². The number of amides is 1. The summed E-state index contributed by atoms with van der Waals surface area (Å²) in [6.07, 6.45) is 1.72. The van der Waals surface area contributed by atoms with Crippen LogP contribution in [0.3, 0.4) is 0 Å². The van der Waals surface area contributed by atoms with Crippen molar-refractivity contribution in [3.8, 4) is 5.75 Å². The van der Waals surface area contributed by atoms with Crippen LogP contribution in [-0.4, -0.2) is 21.5 Å². The molecule has 22 heavy (non-hydrogen) atoms. The lowest BCUT2D eigenvalue weighted by molar-refractivity contribution is -0.115. The second-order valence-corrected chi connectivity index (χ2v) is 6.72. The molecule has 0 saturated carbocycles. The largest absolute Gasteiger partial charge is 0.508 e. The highest BCUT2D eigenvalue weighted by Crippen LogP contribution is 2.23. The van der Waals surface area contributed by atoms with Crippen LogP contribution in [0.2, 0.25) is 5.02 Å². The molecule has 0 radical (unpaired) electrons. The molecule has 116 valence electrons. The molecular weight excluding hydrogens is 322 g/mol. The summed E-state index contributed by atoms with van der Waals surface area (Å²) in [6.45, 7) is 0. The minimum absolute atomic E-state index is 0.0601. The van der Waals surface area contributed by atoms with Gasteiger partial charge in [0.2, 0.25) is 5.91 Å². The first-order chi connectivity index (χ1) is 10.5. The van der Waals surface area contributed by atoms with Crippen LogP contribution in [0.15, 0.2) is 42.5 Å². The summed E-state index contributed by atoms with van der Waals surface area (Å²) in [5.41, 5.74) is 2.11. The van der Waals surface area contributed by atoms with Crippen LogP contribution in [0.1, 0.15) is 11.1 Å². The van der Waals surface area contributed by atoms with Gasteiger partial charge in [0, 0.05) is 27.8 Å². The molecule has 0 aliphatic rings. The van der Waals surface area contributed by atoms with E-state index in [-0.39, 0.29) is 18.1 Å². The Kier molecular flexibility index (Phi) is 5.57. The standard InChI is InChI=1S/C16H16ClNO3S/c1-22(21)10-12-4-2-3-5-15(12)18-16(20)8-11-6-7-13(19)9-14(11)17/h2-7,9,19H,8,10H2,1H3,(H,18,20). The number of benzene rings is 2. The van der Waals surface area contributed by atoms with Crippen LogP contribution in [0.25, 0.3) is 0 Å². The zero-order valence-corrected chi connectivity index (χ0v) is 13.6. The fourth-order valence-electron chi connectivity index (χ4n) is 2.03. The topological polar surface area (TPSA) is 66.4 Å². The van der Waals surface area contributed by atoms with Gasteiger partial charge < -0.3 is 10.4 Å². The van der Waals surface area contributed by atoms with Crippen molar-refractivity contribution in [2.45, 2.75) is 12.2 Å². The maximum Gasteiger partial charge on any atom is 0.228 e. The van der Waals surface area contributed by atoms with Gasteiger partial charge in [-0.15, -0.1) is 0 Å². The van der Waals surface area contributed by atoms with Crippen molar-refractivity contribution >= 4 is 34.0 Å². The van der Waals surface area contributed by atoms with E-state index in [1.54, 1.807) is 18.4 Å². The van der Waals surface area contributed by atoms with Gasteiger partial charge in [0.15, 0.2) is 0 Å². The number of anilines is 1. The number of carbonyl (C=O) groups is 1. The Labute approximate surface area is 136 Å². The number of halogens is 1. The maximum absolute atomic E-state index is 12.1. The highest BCUT2D eigenvalue weighted by Gasteiger charge is 2.11. The second kappa shape index (κ2) is 7.42. The summed E-state index contributed by atoms with van der Waals surface area (Å²) < 4.78 is 11.4. The number of rotatable bonds is 5. The van der Waals surface area contributed by atoms with Crippen LogP contribution < -0.4 is 5.32 Å². The van der Waals surface area contributed by atoms with Gasteiger partial charge in [0.25, 0.3) is 0 Å². The van der Waals surface area contributed by atoms with Crippen molar-refractivity contribution in [2.24, 2.45) is 0 Å². The zero-order valence-electron chi connectivity index (χ0n) is 12.0. The van der Waals surface area contributed by atoms with Crippen LogP contribution in [-0.2, 0) is 27.8 Å². The normalized spacial score (nSPS) is 11.9. The number of aromatic hydroxyl groups is 1. The van der Waals surface area contributed by atoms with Gasteiger partial charge in [-0.05, 0) is 29.3 Å². The van der Waals surface area contributed by atoms with Crippen LogP contribution in [0, 0.1) is 0 Å². The molecule has 0 aliphatic carbocycles. The average molecular weight is 338 g/mol. The molecule has 1 atom stereocenters. The Balaban J connectivity index is 2.10. The van der Waals surface area contributed by atoms with Crippen molar-refractivity contribution in [1.29, 1.82) is 0 Å². The zero-order chi connectivity index (χ0) is 16.1. The molecule has 0 saturated heterocycles. The third kappa shape index (κ3) is 4.58. The third-order valence-electron chi connectivity index (χ3n) is 3.04. The number of hydrogen-bond donors (Lipinski definition) is 2. The van der Waals surface area contributed by atoms with Crippen molar-refractivity contribution in [1.82, 2.24) is 0 Å². The Bertz CT molecular complexity index is 718. The summed E-state index contributed by atoms with van der Waals surface area (Å²) >= 11 is 6.00. The molecule has 1 amide bonds. The molecule has 0 spiro atoms. The molecule has 0 bridgehead atoms. The number of phenolic OH excluding ortho intramolecular Hbond substituents is 1. The first-order valence-electron chi connectivity index (χ1n) is 6.61. The summed E-state index contributed by atoms with van der Waals surface area (Å²) in [5.74, 6) is 0.225. The van der Waals surface area contributed by atoms with Crippen molar-refractivity contribution in [3.05, 3.63) is 58.6 Å². The van der Waals surface area contributed by atoms with Gasteiger partial charge in [-0.2, -0.15) is 0 Å². The molecule has 2 N–H and O–H groups in total. The molecule has 6 heteroatoms. The Hall–Kier alpha value is -1.85. The molecule has 0 heterocycles. The fraction of sp³-hybridized carbons (Fsp3) is 0.188. The van der Waals surface area contributed by atoms with E-state index >= 15 is 0 Å². The molecule has 2 rings (SSSR count). The smallest absolute Gasteiger partial charge is 0.228 e. The number of hydrogen-bond acceptors (Lipinski definition) is 3. The molecule has 1 unspecified atom stereocenters. The van der Waals surface area contributed by atoms with Crippen LogP contribution >= 0.6 is 11.6 Å². The molecular formula is C16H16ClNO3S. The lowest BCUT2D eigenvalue weighted by Gasteiger charge is -2.11. The van der Waals surface area contributed by atoms with Crippen molar-refractivity contribution < 1.29 is 14.1 Å². The van der Waals surface area contributed by atoms with Gasteiger partial charge in [-0.25, -0.2) is 0 Å². The predicted molar refractivity (Wildman–Crippen MR) is 89.7 cm³/mol. The Morgan fingerprint density at radius 2 is 1.95 bits per heavy atom. The lowest BCUT2D eigenvalue weighted by atomic mass is 10.1. The Morgan fingerprint density at radius 1 is 1.23 bits per heavy atom. The average Bonchev–Trinajstić information content (AvgIpc) is 2.43. The van der Waals surface area contributed by atoms with E-state index in [2.05, 4.69) is 5.32 Å². The summed E-state index contributed by atoms with van der Waals surface area (Å²) in [6, 6.07) is 11.8. The van der Waals surface area contributed by atoms with Crippen LogP contribution in [0.4, 0.5) is 5.69 Å². The summed E-state index contributed by atoms with van der Waals surface area (Å²) in [7, 11) is -0.986. The second-order valence-electron chi connectivity index (χ2n) is 4.88. The number of carbonyl (C=O) groups excluding carboxylic acids is 1. The molecule has 4 nitrogen and oxygen atoms in total. The van der Waals surface area contributed by atoms with E-state index in [4.69, 9.17) is 11.6 Å². The van der Waals surface area contributed by atoms with E-state index in [0.717, 1.165) is 5.56 Å².